The van der Waals surface area contributed by atoms with Gasteiger partial charge in [0.1, 0.15) is 0 Å². The van der Waals surface area contributed by atoms with Crippen LogP contribution >= 0.6 is 0 Å². The fourth-order valence-electron chi connectivity index (χ4n) is 2.30. The van der Waals surface area contributed by atoms with Gasteiger partial charge in [0.15, 0.2) is 11.5 Å². The van der Waals surface area contributed by atoms with Gasteiger partial charge < -0.3 is 19.7 Å². The molecule has 1 atom stereocenters. The number of benzene rings is 1. The van der Waals surface area contributed by atoms with Crippen molar-refractivity contribution in [3.05, 3.63) is 23.8 Å². The van der Waals surface area contributed by atoms with Crippen molar-refractivity contribution >= 4 is 0 Å². The highest BCUT2D eigenvalue weighted by atomic mass is 16.5. The lowest BCUT2D eigenvalue weighted by Gasteiger charge is -2.22. The molecule has 0 bridgehead atoms. The molecular weight excluding hydrogens is 264 g/mol. The zero-order valence-electron chi connectivity index (χ0n) is 14.1. The number of nitrogens with zero attached hydrogens (tertiary/aromatic N) is 1. The summed E-state index contributed by atoms with van der Waals surface area (Å²) in [5.41, 5.74) is 1.26. The van der Waals surface area contributed by atoms with E-state index in [1.165, 1.54) is 5.56 Å². The van der Waals surface area contributed by atoms with E-state index in [1.54, 1.807) is 0 Å². The summed E-state index contributed by atoms with van der Waals surface area (Å²) in [6.45, 7) is 9.42. The third-order valence-corrected chi connectivity index (χ3v) is 3.29. The van der Waals surface area contributed by atoms with Gasteiger partial charge in [-0.05, 0) is 65.1 Å². The molecule has 0 saturated carbocycles. The van der Waals surface area contributed by atoms with E-state index in [4.69, 9.17) is 9.47 Å². The largest absolute Gasteiger partial charge is 0.490 e. The van der Waals surface area contributed by atoms with Crippen LogP contribution < -0.4 is 14.8 Å². The molecule has 1 rings (SSSR count). The molecule has 1 unspecified atom stereocenters. The Morgan fingerprint density at radius 1 is 1.05 bits per heavy atom. The lowest BCUT2D eigenvalue weighted by atomic mass is 10.0. The molecule has 0 radical (unpaired) electrons. The van der Waals surface area contributed by atoms with E-state index < -0.39 is 0 Å². The molecule has 0 fully saturated rings. The maximum atomic E-state index is 5.72. The predicted octanol–water partition coefficient (Wildman–Crippen LogP) is 3.09. The highest BCUT2D eigenvalue weighted by Crippen LogP contribution is 2.31. The van der Waals surface area contributed by atoms with Gasteiger partial charge in [-0.1, -0.05) is 13.0 Å². The van der Waals surface area contributed by atoms with Crippen LogP contribution in [-0.2, 0) is 0 Å². The summed E-state index contributed by atoms with van der Waals surface area (Å²) in [6.07, 6.45) is 1.07. The van der Waals surface area contributed by atoms with Crippen molar-refractivity contribution in [1.29, 1.82) is 0 Å². The fraction of sp³-hybridized carbons (Fsp3) is 0.647. The third kappa shape index (κ3) is 5.94. The van der Waals surface area contributed by atoms with Gasteiger partial charge in [-0.15, -0.1) is 0 Å². The molecule has 0 aliphatic heterocycles. The molecule has 1 aromatic rings. The number of hydrogen-bond acceptors (Lipinski definition) is 4. The first-order valence-corrected chi connectivity index (χ1v) is 7.89. The quantitative estimate of drug-likeness (QED) is 0.719. The van der Waals surface area contributed by atoms with Crippen molar-refractivity contribution in [2.45, 2.75) is 33.2 Å². The average Bonchev–Trinajstić information content (AvgIpc) is 2.45. The Hall–Kier alpha value is -1.26. The molecule has 0 aliphatic carbocycles. The topological polar surface area (TPSA) is 33.7 Å². The van der Waals surface area contributed by atoms with Gasteiger partial charge in [-0.3, -0.25) is 0 Å². The van der Waals surface area contributed by atoms with Crippen LogP contribution in [0.4, 0.5) is 0 Å². The van der Waals surface area contributed by atoms with Crippen molar-refractivity contribution in [1.82, 2.24) is 10.2 Å². The first-order valence-electron chi connectivity index (χ1n) is 7.89. The molecule has 0 spiro atoms. The summed E-state index contributed by atoms with van der Waals surface area (Å²) in [7, 11) is 4.21. The van der Waals surface area contributed by atoms with Gasteiger partial charge in [-0.25, -0.2) is 0 Å². The molecule has 21 heavy (non-hydrogen) atoms. The molecule has 1 aromatic carbocycles. The molecule has 0 aliphatic rings. The van der Waals surface area contributed by atoms with Crippen LogP contribution in [0, 0.1) is 0 Å². The Morgan fingerprint density at radius 2 is 1.71 bits per heavy atom. The van der Waals surface area contributed by atoms with Crippen molar-refractivity contribution in [3.8, 4) is 11.5 Å². The second kappa shape index (κ2) is 9.64. The van der Waals surface area contributed by atoms with Crippen molar-refractivity contribution in [2.24, 2.45) is 0 Å². The Kier molecular flexibility index (Phi) is 8.16. The lowest BCUT2D eigenvalue weighted by Crippen LogP contribution is -2.25. The Balaban J connectivity index is 2.93. The predicted molar refractivity (Wildman–Crippen MR) is 88.4 cm³/mol. The molecule has 1 N–H and O–H groups in total. The highest BCUT2D eigenvalue weighted by Gasteiger charge is 2.14. The maximum Gasteiger partial charge on any atom is 0.161 e. The van der Waals surface area contributed by atoms with Gasteiger partial charge in [0.25, 0.3) is 0 Å². The van der Waals surface area contributed by atoms with Crippen LogP contribution in [-0.4, -0.2) is 45.3 Å². The molecule has 120 valence electrons. The number of hydrogen-bond donors (Lipinski definition) is 1. The van der Waals surface area contributed by atoms with E-state index in [-0.39, 0.29) is 0 Å². The van der Waals surface area contributed by atoms with Crippen molar-refractivity contribution in [3.63, 3.8) is 0 Å². The summed E-state index contributed by atoms with van der Waals surface area (Å²) in [5, 5.41) is 3.55. The minimum atomic E-state index is 0.340. The summed E-state index contributed by atoms with van der Waals surface area (Å²) in [4.78, 5) is 2.21. The second-order valence-electron chi connectivity index (χ2n) is 5.27. The third-order valence-electron chi connectivity index (χ3n) is 3.29. The molecule has 0 heterocycles. The summed E-state index contributed by atoms with van der Waals surface area (Å²) in [6, 6.07) is 6.60. The van der Waals surface area contributed by atoms with Crippen LogP contribution in [0.15, 0.2) is 18.2 Å². The van der Waals surface area contributed by atoms with Crippen LogP contribution in [0.1, 0.15) is 38.8 Å². The first kappa shape index (κ1) is 17.8. The molecule has 0 saturated heterocycles. The summed E-state index contributed by atoms with van der Waals surface area (Å²) < 4.78 is 11.3. The fourth-order valence-corrected chi connectivity index (χ4v) is 2.30. The van der Waals surface area contributed by atoms with E-state index in [1.807, 2.05) is 19.9 Å². The maximum absolute atomic E-state index is 5.72. The van der Waals surface area contributed by atoms with Crippen LogP contribution in [0.25, 0.3) is 0 Å². The zero-order chi connectivity index (χ0) is 15.7. The number of ether oxygens (including phenoxy) is 2. The zero-order valence-corrected chi connectivity index (χ0v) is 14.1. The van der Waals surface area contributed by atoms with E-state index in [2.05, 4.69) is 43.4 Å². The van der Waals surface area contributed by atoms with E-state index in [0.717, 1.165) is 31.0 Å². The van der Waals surface area contributed by atoms with Gasteiger partial charge in [0.05, 0.1) is 13.2 Å². The number of rotatable bonds is 10. The molecule has 0 amide bonds. The lowest BCUT2D eigenvalue weighted by molar-refractivity contribution is 0.286. The summed E-state index contributed by atoms with van der Waals surface area (Å²) in [5.74, 6) is 1.66. The number of nitrogens with one attached hydrogen (secondary N) is 1. The highest BCUT2D eigenvalue weighted by molar-refractivity contribution is 5.44. The normalized spacial score (nSPS) is 12.5. The SMILES string of the molecule is CCNC(CCN(C)C)c1ccc(OCC)c(OCC)c1. The monoisotopic (exact) mass is 294 g/mol. The first-order chi connectivity index (χ1) is 10.1. The molecule has 4 heteroatoms. The van der Waals surface area contributed by atoms with Crippen molar-refractivity contribution < 1.29 is 9.47 Å². The minimum absolute atomic E-state index is 0.340. The van der Waals surface area contributed by atoms with Crippen LogP contribution in [0.5, 0.6) is 11.5 Å². The summed E-state index contributed by atoms with van der Waals surface area (Å²) >= 11 is 0. The standard InChI is InChI=1S/C17H30N2O2/c1-6-18-15(11-12-19(4)5)14-9-10-16(20-7-2)17(13-14)21-8-3/h9-10,13,15,18H,6-8,11-12H2,1-5H3. The Labute approximate surface area is 129 Å². The van der Waals surface area contributed by atoms with Gasteiger partial charge in [-0.2, -0.15) is 0 Å². The smallest absolute Gasteiger partial charge is 0.161 e. The van der Waals surface area contributed by atoms with Crippen LogP contribution in [0.3, 0.4) is 0 Å². The molecular formula is C17H30N2O2. The van der Waals surface area contributed by atoms with E-state index >= 15 is 0 Å². The minimum Gasteiger partial charge on any atom is -0.490 e. The van der Waals surface area contributed by atoms with Crippen LogP contribution in [0.2, 0.25) is 0 Å². The Bertz CT molecular complexity index is 408. The second-order valence-corrected chi connectivity index (χ2v) is 5.27. The Morgan fingerprint density at radius 3 is 2.29 bits per heavy atom. The van der Waals surface area contributed by atoms with E-state index in [0.29, 0.717) is 19.3 Å². The van der Waals surface area contributed by atoms with Gasteiger partial charge in [0.2, 0.25) is 0 Å². The van der Waals surface area contributed by atoms with Crippen molar-refractivity contribution in [2.75, 3.05) is 40.4 Å². The average molecular weight is 294 g/mol. The molecule has 0 aromatic heterocycles. The van der Waals surface area contributed by atoms with Gasteiger partial charge in [0, 0.05) is 6.04 Å². The van der Waals surface area contributed by atoms with Gasteiger partial charge >= 0.3 is 0 Å². The molecule has 4 nitrogen and oxygen atoms in total. The van der Waals surface area contributed by atoms with E-state index in [9.17, 15) is 0 Å².